The predicted molar refractivity (Wildman–Crippen MR) is 125 cm³/mol. The van der Waals surface area contributed by atoms with E-state index in [-0.39, 0.29) is 16.8 Å². The molecule has 1 amide bonds. The number of benzene rings is 1. The van der Waals surface area contributed by atoms with Crippen LogP contribution in [0.15, 0.2) is 47.5 Å². The zero-order valence-corrected chi connectivity index (χ0v) is 20.3. The molecule has 11 heteroatoms. The molecule has 2 N–H and O–H groups in total. The first-order chi connectivity index (χ1) is 16.5. The van der Waals surface area contributed by atoms with Crippen molar-refractivity contribution in [3.05, 3.63) is 53.7 Å². The Balaban J connectivity index is 1.45. The van der Waals surface area contributed by atoms with Crippen molar-refractivity contribution in [1.29, 1.82) is 0 Å². The molecule has 2 heterocycles. The van der Waals surface area contributed by atoms with Gasteiger partial charge in [0.25, 0.3) is 0 Å². The highest BCUT2D eigenvalue weighted by atomic mass is 32.2. The molecule has 1 aromatic heterocycles. The quantitative estimate of drug-likeness (QED) is 0.617. The lowest BCUT2D eigenvalue weighted by atomic mass is 9.81. The van der Waals surface area contributed by atoms with Gasteiger partial charge >= 0.3 is 6.18 Å². The van der Waals surface area contributed by atoms with E-state index < -0.39 is 27.3 Å². The number of halogens is 3. The van der Waals surface area contributed by atoms with Crippen molar-refractivity contribution >= 4 is 21.7 Å². The molecule has 190 valence electrons. The zero-order valence-electron chi connectivity index (χ0n) is 19.4. The fourth-order valence-electron chi connectivity index (χ4n) is 4.78. The Bertz CT molecular complexity index is 1160. The van der Waals surface area contributed by atoms with Gasteiger partial charge in [-0.15, -0.1) is 0 Å². The second kappa shape index (κ2) is 9.77. The number of amides is 1. The Kier molecular flexibility index (Phi) is 7.10. The monoisotopic (exact) mass is 510 g/mol. The van der Waals surface area contributed by atoms with Crippen molar-refractivity contribution in [2.24, 2.45) is 0 Å². The van der Waals surface area contributed by atoms with E-state index in [1.165, 1.54) is 12.1 Å². The lowest BCUT2D eigenvalue weighted by Gasteiger charge is -2.37. The van der Waals surface area contributed by atoms with Crippen LogP contribution in [0.2, 0.25) is 0 Å². The van der Waals surface area contributed by atoms with E-state index in [9.17, 15) is 26.4 Å². The van der Waals surface area contributed by atoms with Gasteiger partial charge in [0.05, 0.1) is 10.5 Å². The molecule has 1 aliphatic heterocycles. The molecule has 1 aliphatic carbocycles. The SMILES string of the molecule is Cc1cccc(S(=O)(=O)NC2(C(=O)NC3CCN(c4ccc(C(F)(F)F)cn4)C3)CCCCC2)c1. The highest BCUT2D eigenvalue weighted by Crippen LogP contribution is 2.32. The summed E-state index contributed by atoms with van der Waals surface area (Å²) in [5.74, 6) is 0.0444. The van der Waals surface area contributed by atoms with E-state index in [0.717, 1.165) is 37.1 Å². The summed E-state index contributed by atoms with van der Waals surface area (Å²) in [5, 5.41) is 2.99. The fraction of sp³-hybridized carbons (Fsp3) is 0.500. The van der Waals surface area contributed by atoms with Gasteiger partial charge < -0.3 is 10.2 Å². The molecule has 0 bridgehead atoms. The van der Waals surface area contributed by atoms with Crippen LogP contribution in [0.1, 0.15) is 49.7 Å². The molecule has 1 saturated carbocycles. The minimum atomic E-state index is -4.45. The van der Waals surface area contributed by atoms with E-state index in [4.69, 9.17) is 0 Å². The van der Waals surface area contributed by atoms with Crippen molar-refractivity contribution in [2.75, 3.05) is 18.0 Å². The summed E-state index contributed by atoms with van der Waals surface area (Å²) in [4.78, 5) is 19.3. The first kappa shape index (κ1) is 25.4. The number of alkyl halides is 3. The third-order valence-corrected chi connectivity index (χ3v) is 8.23. The molecule has 35 heavy (non-hydrogen) atoms. The van der Waals surface area contributed by atoms with Gasteiger partial charge in [0.1, 0.15) is 11.4 Å². The summed E-state index contributed by atoms with van der Waals surface area (Å²) in [6, 6.07) is 8.60. The van der Waals surface area contributed by atoms with Gasteiger partial charge in [-0.1, -0.05) is 31.4 Å². The highest BCUT2D eigenvalue weighted by Gasteiger charge is 2.44. The number of nitrogens with one attached hydrogen (secondary N) is 2. The first-order valence-electron chi connectivity index (χ1n) is 11.7. The third-order valence-electron chi connectivity index (χ3n) is 6.69. The Labute approximate surface area is 203 Å². The molecular formula is C24H29F3N4O3S. The van der Waals surface area contributed by atoms with Gasteiger partial charge in [-0.25, -0.2) is 13.4 Å². The van der Waals surface area contributed by atoms with Gasteiger partial charge in [0.2, 0.25) is 15.9 Å². The summed E-state index contributed by atoms with van der Waals surface area (Å²) in [6.45, 7) is 2.70. The number of anilines is 1. The van der Waals surface area contributed by atoms with Crippen LogP contribution < -0.4 is 14.9 Å². The summed E-state index contributed by atoms with van der Waals surface area (Å²) in [6.07, 6.45) is 0.131. The standard InChI is InChI=1S/C24H29F3N4O3S/c1-17-6-5-7-20(14-17)35(33,34)30-23(11-3-2-4-12-23)22(32)29-19-10-13-31(16-19)21-9-8-18(15-28-21)24(25,26)27/h5-9,14-15,19,30H,2-4,10-13,16H2,1H3,(H,29,32). The van der Waals surface area contributed by atoms with E-state index in [1.807, 2.05) is 4.90 Å². The largest absolute Gasteiger partial charge is 0.417 e. The van der Waals surface area contributed by atoms with Gasteiger partial charge in [0.15, 0.2) is 0 Å². The number of nitrogens with zero attached hydrogens (tertiary/aromatic N) is 2. The maximum atomic E-state index is 13.5. The molecule has 1 atom stereocenters. The van der Waals surface area contributed by atoms with Crippen molar-refractivity contribution in [2.45, 2.75) is 68.1 Å². The molecule has 0 radical (unpaired) electrons. The van der Waals surface area contributed by atoms with Crippen molar-refractivity contribution in [3.63, 3.8) is 0 Å². The fourth-order valence-corrected chi connectivity index (χ4v) is 6.31. The first-order valence-corrected chi connectivity index (χ1v) is 13.2. The van der Waals surface area contributed by atoms with E-state index >= 15 is 0 Å². The number of pyridine rings is 1. The maximum Gasteiger partial charge on any atom is 0.417 e. The number of carbonyl (C=O) groups is 1. The molecule has 4 rings (SSSR count). The summed E-state index contributed by atoms with van der Waals surface area (Å²) in [7, 11) is -3.91. The maximum absolute atomic E-state index is 13.5. The average Bonchev–Trinajstić information content (AvgIpc) is 3.27. The second-order valence-electron chi connectivity index (χ2n) is 9.37. The van der Waals surface area contributed by atoms with Crippen molar-refractivity contribution in [1.82, 2.24) is 15.0 Å². The van der Waals surface area contributed by atoms with E-state index in [0.29, 0.717) is 38.2 Å². The molecule has 2 aromatic rings. The summed E-state index contributed by atoms with van der Waals surface area (Å²) < 4.78 is 67.4. The number of hydrogen-bond acceptors (Lipinski definition) is 5. The molecule has 1 saturated heterocycles. The minimum Gasteiger partial charge on any atom is -0.354 e. The predicted octanol–water partition coefficient (Wildman–Crippen LogP) is 3.79. The Morgan fingerprint density at radius 1 is 1.14 bits per heavy atom. The van der Waals surface area contributed by atoms with Gasteiger partial charge in [0, 0.05) is 25.3 Å². The summed E-state index contributed by atoms with van der Waals surface area (Å²) >= 11 is 0. The van der Waals surface area contributed by atoms with Crippen molar-refractivity contribution < 1.29 is 26.4 Å². The molecule has 7 nitrogen and oxygen atoms in total. The van der Waals surface area contributed by atoms with Crippen LogP contribution in [-0.2, 0) is 21.0 Å². The lowest BCUT2D eigenvalue weighted by molar-refractivity contribution is -0.137. The second-order valence-corrected chi connectivity index (χ2v) is 11.1. The van der Waals surface area contributed by atoms with Gasteiger partial charge in [-0.3, -0.25) is 4.79 Å². The Morgan fingerprint density at radius 3 is 2.51 bits per heavy atom. The smallest absolute Gasteiger partial charge is 0.354 e. The van der Waals surface area contributed by atoms with Crippen molar-refractivity contribution in [3.8, 4) is 0 Å². The minimum absolute atomic E-state index is 0.121. The number of carbonyl (C=O) groups excluding carboxylic acids is 1. The number of hydrogen-bond donors (Lipinski definition) is 2. The Hall–Kier alpha value is -2.66. The van der Waals surface area contributed by atoms with E-state index in [1.54, 1.807) is 25.1 Å². The zero-order chi connectivity index (χ0) is 25.3. The number of aromatic nitrogens is 1. The molecule has 0 spiro atoms. The lowest BCUT2D eigenvalue weighted by Crippen LogP contribution is -2.61. The number of aryl methyl sites for hydroxylation is 1. The van der Waals surface area contributed by atoms with Crippen LogP contribution >= 0.6 is 0 Å². The third kappa shape index (κ3) is 5.78. The molecular weight excluding hydrogens is 481 g/mol. The van der Waals surface area contributed by atoms with Crippen LogP contribution in [0.25, 0.3) is 0 Å². The average molecular weight is 511 g/mol. The van der Waals surface area contributed by atoms with Crippen LogP contribution in [0.5, 0.6) is 0 Å². The van der Waals surface area contributed by atoms with E-state index in [2.05, 4.69) is 15.0 Å². The molecule has 1 aromatic carbocycles. The topological polar surface area (TPSA) is 91.4 Å². The van der Waals surface area contributed by atoms with Crippen LogP contribution in [0.3, 0.4) is 0 Å². The molecule has 2 aliphatic rings. The number of rotatable bonds is 6. The van der Waals surface area contributed by atoms with Crippen LogP contribution in [-0.4, -0.2) is 44.0 Å². The highest BCUT2D eigenvalue weighted by molar-refractivity contribution is 7.89. The summed E-state index contributed by atoms with van der Waals surface area (Å²) in [5.41, 5.74) is -1.25. The molecule has 1 unspecified atom stereocenters. The van der Waals surface area contributed by atoms with Gasteiger partial charge in [-0.05, 0) is 56.0 Å². The normalized spacial score (nSPS) is 20.6. The molecule has 2 fully saturated rings. The van der Waals surface area contributed by atoms with Crippen LogP contribution in [0, 0.1) is 6.92 Å². The Morgan fingerprint density at radius 2 is 1.89 bits per heavy atom. The van der Waals surface area contributed by atoms with Gasteiger partial charge in [-0.2, -0.15) is 17.9 Å². The van der Waals surface area contributed by atoms with Crippen LogP contribution in [0.4, 0.5) is 19.0 Å². The number of sulfonamides is 1.